The second-order valence-electron chi connectivity index (χ2n) is 6.74. The molecule has 114 valence electrons. The largest absolute Gasteiger partial charge is 0.381 e. The second-order valence-corrected chi connectivity index (χ2v) is 6.74. The Kier molecular flexibility index (Phi) is 3.88. The molecule has 1 spiro atoms. The number of rotatable bonds is 2. The zero-order chi connectivity index (χ0) is 14.2. The lowest BCUT2D eigenvalue weighted by molar-refractivity contribution is -0.162. The molecule has 3 aliphatic rings. The molecule has 0 bridgehead atoms. The molecule has 2 N–H and O–H groups in total. The summed E-state index contributed by atoms with van der Waals surface area (Å²) in [5, 5.41) is 0. The van der Waals surface area contributed by atoms with Crippen LogP contribution in [0.15, 0.2) is 0 Å². The number of ether oxygens (including phenoxy) is 3. The van der Waals surface area contributed by atoms with E-state index in [2.05, 4.69) is 0 Å². The van der Waals surface area contributed by atoms with E-state index in [1.54, 1.807) is 0 Å². The molecule has 3 fully saturated rings. The number of ketones is 1. The number of Topliss-reactive ketones (excluding diaryl/α,β-unsaturated/α-hetero) is 1. The van der Waals surface area contributed by atoms with E-state index in [0.29, 0.717) is 19.8 Å². The summed E-state index contributed by atoms with van der Waals surface area (Å²) in [4.78, 5) is 12.9. The van der Waals surface area contributed by atoms with Crippen LogP contribution in [0.5, 0.6) is 0 Å². The Morgan fingerprint density at radius 2 is 1.95 bits per heavy atom. The lowest BCUT2D eigenvalue weighted by Crippen LogP contribution is -2.52. The van der Waals surface area contributed by atoms with Gasteiger partial charge in [-0.25, -0.2) is 0 Å². The van der Waals surface area contributed by atoms with Crippen LogP contribution in [0.4, 0.5) is 0 Å². The summed E-state index contributed by atoms with van der Waals surface area (Å²) in [5.41, 5.74) is 5.43. The van der Waals surface area contributed by atoms with Gasteiger partial charge in [-0.3, -0.25) is 4.79 Å². The standard InChI is InChI=1S/C15H25NO4/c1-14(10-19-9-12(14)16)13(17)11-2-5-20-15(8-11)3-6-18-7-4-15/h11-12H,2-10,16H2,1H3. The van der Waals surface area contributed by atoms with Crippen LogP contribution < -0.4 is 5.73 Å². The molecule has 0 amide bonds. The first-order valence-electron chi connectivity index (χ1n) is 7.65. The summed E-state index contributed by atoms with van der Waals surface area (Å²) in [6.45, 7) is 5.05. The maximum absolute atomic E-state index is 12.9. The third kappa shape index (κ3) is 2.41. The van der Waals surface area contributed by atoms with Gasteiger partial charge in [-0.15, -0.1) is 0 Å². The van der Waals surface area contributed by atoms with Gasteiger partial charge in [-0.2, -0.15) is 0 Å². The van der Waals surface area contributed by atoms with E-state index < -0.39 is 5.41 Å². The van der Waals surface area contributed by atoms with Crippen molar-refractivity contribution in [2.24, 2.45) is 17.1 Å². The van der Waals surface area contributed by atoms with E-state index in [9.17, 15) is 4.79 Å². The fraction of sp³-hybridized carbons (Fsp3) is 0.933. The van der Waals surface area contributed by atoms with Crippen molar-refractivity contribution in [1.82, 2.24) is 0 Å². The zero-order valence-electron chi connectivity index (χ0n) is 12.2. The Morgan fingerprint density at radius 3 is 2.60 bits per heavy atom. The lowest BCUT2D eigenvalue weighted by Gasteiger charge is -2.44. The molecule has 0 aromatic rings. The highest BCUT2D eigenvalue weighted by atomic mass is 16.5. The normalized spacial score (nSPS) is 40.9. The van der Waals surface area contributed by atoms with Gasteiger partial charge >= 0.3 is 0 Å². The first-order chi connectivity index (χ1) is 9.56. The molecule has 0 aromatic carbocycles. The fourth-order valence-electron chi connectivity index (χ4n) is 3.75. The first-order valence-corrected chi connectivity index (χ1v) is 7.65. The first kappa shape index (κ1) is 14.4. The quantitative estimate of drug-likeness (QED) is 0.815. The Balaban J connectivity index is 1.72. The number of hydrogen-bond acceptors (Lipinski definition) is 5. The summed E-state index contributed by atoms with van der Waals surface area (Å²) in [6.07, 6.45) is 3.42. The third-order valence-electron chi connectivity index (χ3n) is 5.35. The van der Waals surface area contributed by atoms with E-state index >= 15 is 0 Å². The van der Waals surface area contributed by atoms with Crippen LogP contribution in [0.3, 0.4) is 0 Å². The minimum absolute atomic E-state index is 0.0552. The highest BCUT2D eigenvalue weighted by Gasteiger charge is 2.50. The van der Waals surface area contributed by atoms with Crippen molar-refractivity contribution >= 4 is 5.78 Å². The summed E-state index contributed by atoms with van der Waals surface area (Å²) in [7, 11) is 0. The average Bonchev–Trinajstić information content (AvgIpc) is 2.80. The molecule has 5 heteroatoms. The van der Waals surface area contributed by atoms with Crippen LogP contribution >= 0.6 is 0 Å². The van der Waals surface area contributed by atoms with Gasteiger partial charge in [-0.1, -0.05) is 0 Å². The van der Waals surface area contributed by atoms with Crippen molar-refractivity contribution in [3.05, 3.63) is 0 Å². The molecule has 3 unspecified atom stereocenters. The highest BCUT2D eigenvalue weighted by Crippen LogP contribution is 2.41. The molecule has 0 aromatic heterocycles. The molecule has 0 saturated carbocycles. The molecular formula is C15H25NO4. The second kappa shape index (κ2) is 5.37. The molecule has 3 saturated heterocycles. The van der Waals surface area contributed by atoms with Crippen molar-refractivity contribution in [1.29, 1.82) is 0 Å². The molecule has 0 aliphatic carbocycles. The van der Waals surface area contributed by atoms with Crippen LogP contribution in [-0.4, -0.2) is 50.5 Å². The van der Waals surface area contributed by atoms with Crippen LogP contribution in [0.25, 0.3) is 0 Å². The van der Waals surface area contributed by atoms with Crippen molar-refractivity contribution < 1.29 is 19.0 Å². The van der Waals surface area contributed by atoms with Gasteiger partial charge in [0.15, 0.2) is 0 Å². The Bertz CT molecular complexity index is 375. The van der Waals surface area contributed by atoms with Crippen molar-refractivity contribution in [2.75, 3.05) is 33.0 Å². The third-order valence-corrected chi connectivity index (χ3v) is 5.35. The highest BCUT2D eigenvalue weighted by molar-refractivity contribution is 5.88. The summed E-state index contributed by atoms with van der Waals surface area (Å²) >= 11 is 0. The maximum Gasteiger partial charge on any atom is 0.145 e. The summed E-state index contributed by atoms with van der Waals surface area (Å²) < 4.78 is 16.9. The lowest BCUT2D eigenvalue weighted by atomic mass is 9.70. The van der Waals surface area contributed by atoms with Crippen LogP contribution in [0.2, 0.25) is 0 Å². The molecule has 3 atom stereocenters. The maximum atomic E-state index is 12.9. The predicted octanol–water partition coefficient (Wildman–Crippen LogP) is 0.895. The Hall–Kier alpha value is -0.490. The molecule has 3 aliphatic heterocycles. The molecular weight excluding hydrogens is 258 g/mol. The predicted molar refractivity (Wildman–Crippen MR) is 73.4 cm³/mol. The Morgan fingerprint density at radius 1 is 1.20 bits per heavy atom. The minimum Gasteiger partial charge on any atom is -0.381 e. The molecule has 20 heavy (non-hydrogen) atoms. The van der Waals surface area contributed by atoms with Gasteiger partial charge in [0.1, 0.15) is 5.78 Å². The van der Waals surface area contributed by atoms with E-state index in [4.69, 9.17) is 19.9 Å². The fourth-order valence-corrected chi connectivity index (χ4v) is 3.75. The molecule has 3 rings (SSSR count). The van der Waals surface area contributed by atoms with Gasteiger partial charge in [0, 0.05) is 31.8 Å². The molecule has 5 nitrogen and oxygen atoms in total. The molecule has 3 heterocycles. The van der Waals surface area contributed by atoms with E-state index in [-0.39, 0.29) is 23.3 Å². The number of carbonyl (C=O) groups is 1. The van der Waals surface area contributed by atoms with Gasteiger partial charge in [0.05, 0.1) is 24.2 Å². The van der Waals surface area contributed by atoms with Crippen LogP contribution in [0.1, 0.15) is 32.6 Å². The van der Waals surface area contributed by atoms with E-state index in [1.807, 2.05) is 6.92 Å². The van der Waals surface area contributed by atoms with Crippen molar-refractivity contribution in [3.8, 4) is 0 Å². The van der Waals surface area contributed by atoms with Crippen molar-refractivity contribution in [2.45, 2.75) is 44.2 Å². The average molecular weight is 283 g/mol. The van der Waals surface area contributed by atoms with Gasteiger partial charge < -0.3 is 19.9 Å². The summed E-state index contributed by atoms with van der Waals surface area (Å²) in [6, 6.07) is -0.177. The van der Waals surface area contributed by atoms with E-state index in [1.165, 1.54) is 0 Å². The van der Waals surface area contributed by atoms with Gasteiger partial charge in [-0.05, 0) is 32.6 Å². The van der Waals surface area contributed by atoms with Crippen LogP contribution in [-0.2, 0) is 19.0 Å². The number of nitrogens with two attached hydrogens (primary N) is 1. The van der Waals surface area contributed by atoms with Gasteiger partial charge in [0.2, 0.25) is 0 Å². The van der Waals surface area contributed by atoms with Crippen LogP contribution in [0, 0.1) is 11.3 Å². The summed E-state index contributed by atoms with van der Waals surface area (Å²) in [5.74, 6) is 0.330. The number of hydrogen-bond donors (Lipinski definition) is 1. The SMILES string of the molecule is CC1(C(=O)C2CCOC3(CCOCC3)C2)COCC1N. The monoisotopic (exact) mass is 283 g/mol. The Labute approximate surface area is 120 Å². The van der Waals surface area contributed by atoms with Crippen molar-refractivity contribution in [3.63, 3.8) is 0 Å². The smallest absolute Gasteiger partial charge is 0.145 e. The minimum atomic E-state index is -0.519. The van der Waals surface area contributed by atoms with Gasteiger partial charge in [0.25, 0.3) is 0 Å². The number of carbonyl (C=O) groups excluding carboxylic acids is 1. The zero-order valence-corrected chi connectivity index (χ0v) is 12.2. The topological polar surface area (TPSA) is 70.8 Å². The molecule has 0 radical (unpaired) electrons. The van der Waals surface area contributed by atoms with E-state index in [0.717, 1.165) is 38.9 Å².